The van der Waals surface area contributed by atoms with Gasteiger partial charge in [0.25, 0.3) is 5.91 Å². The highest BCUT2D eigenvalue weighted by atomic mass is 79.9. The molecule has 0 atom stereocenters. The highest BCUT2D eigenvalue weighted by Crippen LogP contribution is 2.27. The van der Waals surface area contributed by atoms with Gasteiger partial charge in [0.05, 0.1) is 11.1 Å². The number of hydrogen-bond acceptors (Lipinski definition) is 3. The molecule has 28 heavy (non-hydrogen) atoms. The smallest absolute Gasteiger partial charge is 0.255 e. The number of nitrogens with one attached hydrogen (secondary N) is 2. The van der Waals surface area contributed by atoms with E-state index in [1.165, 1.54) is 0 Å². The number of hydrogen-bond donors (Lipinski definition) is 2. The van der Waals surface area contributed by atoms with E-state index in [2.05, 4.69) is 33.5 Å². The number of rotatable bonds is 10. The number of carbonyl (C=O) groups excluding carboxylic acids is 2. The van der Waals surface area contributed by atoms with Gasteiger partial charge >= 0.3 is 0 Å². The molecule has 0 spiro atoms. The normalized spacial score (nSPS) is 10.4. The minimum absolute atomic E-state index is 0.0106. The predicted molar refractivity (Wildman–Crippen MR) is 117 cm³/mol. The van der Waals surface area contributed by atoms with Gasteiger partial charge < -0.3 is 15.4 Å². The molecule has 0 aliphatic carbocycles. The van der Waals surface area contributed by atoms with Crippen molar-refractivity contribution < 1.29 is 14.3 Å². The fourth-order valence-corrected chi connectivity index (χ4v) is 3.10. The molecule has 2 N–H and O–H groups in total. The number of amides is 2. The number of halogens is 1. The van der Waals surface area contributed by atoms with E-state index in [1.807, 2.05) is 13.0 Å². The van der Waals surface area contributed by atoms with Crippen LogP contribution >= 0.6 is 15.9 Å². The van der Waals surface area contributed by atoms with E-state index >= 15 is 0 Å². The van der Waals surface area contributed by atoms with Crippen LogP contribution in [0.25, 0.3) is 0 Å². The first kappa shape index (κ1) is 22.0. The molecule has 5 nitrogen and oxygen atoms in total. The van der Waals surface area contributed by atoms with Crippen LogP contribution in [0.5, 0.6) is 5.75 Å². The Kier molecular flexibility index (Phi) is 9.01. The lowest BCUT2D eigenvalue weighted by Crippen LogP contribution is -2.13. The third-order valence-electron chi connectivity index (χ3n) is 4.07. The molecule has 0 aliphatic rings. The molecule has 0 aromatic heterocycles. The van der Waals surface area contributed by atoms with Crippen molar-refractivity contribution in [3.05, 3.63) is 52.5 Å². The molecule has 0 aliphatic heterocycles. The van der Waals surface area contributed by atoms with E-state index < -0.39 is 0 Å². The Morgan fingerprint density at radius 2 is 1.71 bits per heavy atom. The summed E-state index contributed by atoms with van der Waals surface area (Å²) in [5.41, 5.74) is 1.81. The van der Waals surface area contributed by atoms with Crippen molar-refractivity contribution in [3.63, 3.8) is 0 Å². The van der Waals surface area contributed by atoms with Crippen molar-refractivity contribution in [3.8, 4) is 5.75 Å². The maximum Gasteiger partial charge on any atom is 0.255 e. The van der Waals surface area contributed by atoms with Gasteiger partial charge in [0.2, 0.25) is 5.91 Å². The van der Waals surface area contributed by atoms with Crippen molar-refractivity contribution in [2.75, 3.05) is 17.2 Å². The van der Waals surface area contributed by atoms with Gasteiger partial charge in [-0.1, -0.05) is 32.8 Å². The summed E-state index contributed by atoms with van der Waals surface area (Å²) in [5, 5.41) is 5.74. The lowest BCUT2D eigenvalue weighted by atomic mass is 10.2. The van der Waals surface area contributed by atoms with Crippen LogP contribution in [0.2, 0.25) is 0 Å². The standard InChI is InChI=1S/C22H27BrN2O3/c1-3-5-6-10-21(26)24-17-8-7-9-18(15-17)25-22(27)16-11-12-20(19(23)14-16)28-13-4-2/h7-9,11-12,14-15H,3-6,10,13H2,1-2H3,(H,24,26)(H,25,27). The average molecular weight is 447 g/mol. The van der Waals surface area contributed by atoms with E-state index in [4.69, 9.17) is 4.74 Å². The first-order valence-corrected chi connectivity index (χ1v) is 10.5. The molecule has 0 unspecified atom stereocenters. The summed E-state index contributed by atoms with van der Waals surface area (Å²) in [7, 11) is 0. The molecular formula is C22H27BrN2O3. The van der Waals surface area contributed by atoms with E-state index in [-0.39, 0.29) is 11.8 Å². The maximum absolute atomic E-state index is 12.5. The third kappa shape index (κ3) is 7.00. The highest BCUT2D eigenvalue weighted by Gasteiger charge is 2.10. The lowest BCUT2D eigenvalue weighted by Gasteiger charge is -2.11. The molecule has 0 saturated carbocycles. The van der Waals surface area contributed by atoms with Gasteiger partial charge in [-0.05, 0) is 65.2 Å². The average Bonchev–Trinajstić information content (AvgIpc) is 2.67. The lowest BCUT2D eigenvalue weighted by molar-refractivity contribution is -0.116. The summed E-state index contributed by atoms with van der Waals surface area (Å²) in [4.78, 5) is 24.5. The summed E-state index contributed by atoms with van der Waals surface area (Å²) in [6, 6.07) is 12.4. The minimum atomic E-state index is -0.228. The number of ether oxygens (including phenoxy) is 1. The Morgan fingerprint density at radius 1 is 0.964 bits per heavy atom. The van der Waals surface area contributed by atoms with Gasteiger partial charge in [-0.25, -0.2) is 0 Å². The summed E-state index contributed by atoms with van der Waals surface area (Å²) in [6.07, 6.45) is 4.43. The van der Waals surface area contributed by atoms with Gasteiger partial charge in [0, 0.05) is 23.4 Å². The van der Waals surface area contributed by atoms with Gasteiger partial charge in [-0.2, -0.15) is 0 Å². The Morgan fingerprint density at radius 3 is 2.39 bits per heavy atom. The molecule has 150 valence electrons. The van der Waals surface area contributed by atoms with Crippen LogP contribution in [0.4, 0.5) is 11.4 Å². The number of anilines is 2. The van der Waals surface area contributed by atoms with Gasteiger partial charge in [-0.15, -0.1) is 0 Å². The van der Waals surface area contributed by atoms with Crippen molar-refractivity contribution in [2.45, 2.75) is 46.0 Å². The molecule has 2 aromatic rings. The van der Waals surface area contributed by atoms with Gasteiger partial charge in [0.1, 0.15) is 5.75 Å². The Balaban J connectivity index is 1.98. The third-order valence-corrected chi connectivity index (χ3v) is 4.69. The summed E-state index contributed by atoms with van der Waals surface area (Å²) < 4.78 is 6.35. The van der Waals surface area contributed by atoms with Crippen molar-refractivity contribution in [1.82, 2.24) is 0 Å². The summed E-state index contributed by atoms with van der Waals surface area (Å²) in [6.45, 7) is 4.77. The molecule has 0 heterocycles. The van der Waals surface area contributed by atoms with Crippen LogP contribution < -0.4 is 15.4 Å². The number of carbonyl (C=O) groups is 2. The quantitative estimate of drug-likeness (QED) is 0.439. The van der Waals surface area contributed by atoms with E-state index in [0.717, 1.165) is 30.2 Å². The summed E-state index contributed by atoms with van der Waals surface area (Å²) in [5.74, 6) is 0.476. The Hall–Kier alpha value is -2.34. The predicted octanol–water partition coefficient (Wildman–Crippen LogP) is 6.01. The molecule has 0 radical (unpaired) electrons. The van der Waals surface area contributed by atoms with Crippen molar-refractivity contribution >= 4 is 39.1 Å². The van der Waals surface area contributed by atoms with Crippen LogP contribution in [0.1, 0.15) is 56.3 Å². The number of benzene rings is 2. The second-order valence-corrected chi connectivity index (χ2v) is 7.39. The zero-order valence-corrected chi connectivity index (χ0v) is 18.0. The van der Waals surface area contributed by atoms with Crippen LogP contribution in [0.15, 0.2) is 46.9 Å². The zero-order valence-electron chi connectivity index (χ0n) is 16.4. The van der Waals surface area contributed by atoms with E-state index in [1.54, 1.807) is 36.4 Å². The first-order chi connectivity index (χ1) is 13.5. The van der Waals surface area contributed by atoms with Crippen LogP contribution in [0, 0.1) is 0 Å². The SMILES string of the molecule is CCCCCC(=O)Nc1cccc(NC(=O)c2ccc(OCCC)c(Br)c2)c1. The fourth-order valence-electron chi connectivity index (χ4n) is 2.61. The highest BCUT2D eigenvalue weighted by molar-refractivity contribution is 9.10. The Bertz CT molecular complexity index is 808. The molecule has 6 heteroatoms. The second kappa shape index (κ2) is 11.5. The molecule has 0 fully saturated rings. The van der Waals surface area contributed by atoms with Crippen molar-refractivity contribution in [1.29, 1.82) is 0 Å². The first-order valence-electron chi connectivity index (χ1n) is 9.67. The fraction of sp³-hybridized carbons (Fsp3) is 0.364. The minimum Gasteiger partial charge on any atom is -0.492 e. The van der Waals surface area contributed by atoms with Gasteiger partial charge in [0.15, 0.2) is 0 Å². The van der Waals surface area contributed by atoms with Crippen LogP contribution in [-0.4, -0.2) is 18.4 Å². The largest absolute Gasteiger partial charge is 0.492 e. The van der Waals surface area contributed by atoms with Gasteiger partial charge in [-0.3, -0.25) is 9.59 Å². The molecule has 2 aromatic carbocycles. The molecule has 0 bridgehead atoms. The zero-order chi connectivity index (χ0) is 20.4. The summed E-state index contributed by atoms with van der Waals surface area (Å²) >= 11 is 3.44. The molecule has 2 rings (SSSR count). The van der Waals surface area contributed by atoms with Crippen molar-refractivity contribution in [2.24, 2.45) is 0 Å². The second-order valence-electron chi connectivity index (χ2n) is 6.53. The molecular weight excluding hydrogens is 420 g/mol. The molecule has 2 amide bonds. The monoisotopic (exact) mass is 446 g/mol. The maximum atomic E-state index is 12.5. The Labute approximate surface area is 175 Å². The molecule has 0 saturated heterocycles. The van der Waals surface area contributed by atoms with E-state index in [9.17, 15) is 9.59 Å². The van der Waals surface area contributed by atoms with Crippen LogP contribution in [0.3, 0.4) is 0 Å². The number of unbranched alkanes of at least 4 members (excludes halogenated alkanes) is 2. The topological polar surface area (TPSA) is 67.4 Å². The van der Waals surface area contributed by atoms with E-state index in [0.29, 0.717) is 35.7 Å². The van der Waals surface area contributed by atoms with Crippen LogP contribution in [-0.2, 0) is 4.79 Å².